The topological polar surface area (TPSA) is 0 Å². The number of hydrogen-bond donors (Lipinski definition) is 0. The van der Waals surface area contributed by atoms with Crippen LogP contribution in [0.25, 0.3) is 0 Å². The van der Waals surface area contributed by atoms with Crippen molar-refractivity contribution in [1.82, 2.24) is 0 Å². The molecule has 1 aliphatic rings. The Hall–Kier alpha value is 1.04. The Labute approximate surface area is 82.1 Å². The van der Waals surface area contributed by atoms with Crippen LogP contribution in [0.4, 0.5) is 0 Å². The van der Waals surface area contributed by atoms with E-state index in [0.29, 0.717) is 9.93 Å². The molecule has 54 valence electrons. The second kappa shape index (κ2) is 6.73. The molecule has 0 amide bonds. The van der Waals surface area contributed by atoms with Crippen LogP contribution in [-0.2, 0) is 9.93 Å². The van der Waals surface area contributed by atoms with Gasteiger partial charge in [0, 0.05) is 0 Å². The molecule has 1 fully saturated rings. The Bertz CT molecular complexity index is 89.6. The van der Waals surface area contributed by atoms with Crippen molar-refractivity contribution >= 4 is 20.7 Å². The smallest absolute Gasteiger partial charge is 0.454 e. The Morgan fingerprint density at radius 3 is 2.80 bits per heavy atom. The molecule has 1 heterocycles. The molecule has 0 aliphatic carbocycles. The Balaban J connectivity index is 0.000000810. The summed E-state index contributed by atoms with van der Waals surface area (Å²) in [7, 11) is 2.80. The molecule has 0 unspecified atom stereocenters. The van der Waals surface area contributed by atoms with Crippen LogP contribution in [0.5, 0.6) is 0 Å². The third-order valence-corrected chi connectivity index (χ3v) is 5.87. The van der Waals surface area contributed by atoms with Crippen LogP contribution in [0.15, 0.2) is 12.7 Å². The van der Waals surface area contributed by atoms with Gasteiger partial charge in [-0.25, -0.2) is 0 Å². The second-order valence-electron chi connectivity index (χ2n) is 2.13. The van der Waals surface area contributed by atoms with Crippen LogP contribution >= 0.6 is 10.8 Å². The Morgan fingerprint density at radius 2 is 2.30 bits per heavy atom. The van der Waals surface area contributed by atoms with Gasteiger partial charge < -0.3 is 9.93 Å². The van der Waals surface area contributed by atoms with Gasteiger partial charge in [-0.05, 0) is 12.2 Å². The van der Waals surface area contributed by atoms with Gasteiger partial charge in [0.1, 0.15) is 0 Å². The first-order chi connectivity index (χ1) is 4.43. The third-order valence-electron chi connectivity index (χ3n) is 1.32. The van der Waals surface area contributed by atoms with Crippen molar-refractivity contribution in [3.05, 3.63) is 12.7 Å². The molecule has 3 heteroatoms. The fourth-order valence-electron chi connectivity index (χ4n) is 0.864. The maximum absolute atomic E-state index is 3.75. The molecule has 0 spiro atoms. The molecule has 0 aromatic carbocycles. The van der Waals surface area contributed by atoms with Crippen molar-refractivity contribution in [2.75, 3.05) is 17.3 Å². The van der Waals surface area contributed by atoms with Crippen molar-refractivity contribution in [2.24, 2.45) is 0 Å². The van der Waals surface area contributed by atoms with Crippen LogP contribution in [0.1, 0.15) is 12.8 Å². The van der Waals surface area contributed by atoms with Crippen LogP contribution in [-0.4, -0.2) is 17.3 Å². The molecule has 0 N–H and O–H groups in total. The minimum absolute atomic E-state index is 0. The quantitative estimate of drug-likeness (QED) is 0.226. The first-order valence-corrected chi connectivity index (χ1v) is 6.41. The average Bonchev–Trinajstić information content (AvgIpc) is 1.91. The third kappa shape index (κ3) is 4.03. The minimum atomic E-state index is 0. The van der Waals surface area contributed by atoms with Gasteiger partial charge in [0.25, 0.3) is 0 Å². The van der Waals surface area contributed by atoms with E-state index < -0.39 is 0 Å². The van der Waals surface area contributed by atoms with E-state index in [0.717, 1.165) is 0 Å². The fourth-order valence-corrected chi connectivity index (χ4v) is 4.94. The van der Waals surface area contributed by atoms with Gasteiger partial charge in [0.2, 0.25) is 0 Å². The van der Waals surface area contributed by atoms with Crippen molar-refractivity contribution in [2.45, 2.75) is 12.8 Å². The summed E-state index contributed by atoms with van der Waals surface area (Å²) < 4.78 is 0. The summed E-state index contributed by atoms with van der Waals surface area (Å²) in [6, 6.07) is 0. The maximum Gasteiger partial charge on any atom is 1.00 e. The Kier molecular flexibility index (Phi) is 7.43. The van der Waals surface area contributed by atoms with Crippen LogP contribution in [0.2, 0.25) is 0 Å². The summed E-state index contributed by atoms with van der Waals surface area (Å²) in [5.41, 5.74) is 0. The fraction of sp³-hybridized carbons (Fsp3) is 0.714. The monoisotopic (exact) mass is 168 g/mol. The zero-order valence-corrected chi connectivity index (χ0v) is 8.27. The summed E-state index contributed by atoms with van der Waals surface area (Å²) in [5, 5.41) is 0. The van der Waals surface area contributed by atoms with Gasteiger partial charge in [0.05, 0.1) is 0 Å². The number of rotatable bonds is 2. The number of hydrogen-bond acceptors (Lipinski definition) is 2. The molecule has 0 bridgehead atoms. The van der Waals surface area contributed by atoms with Gasteiger partial charge in [0.15, 0.2) is 0 Å². The van der Waals surface area contributed by atoms with Crippen molar-refractivity contribution in [3.63, 3.8) is 0 Å². The van der Waals surface area contributed by atoms with Crippen molar-refractivity contribution < 1.29 is 18.9 Å². The molecular formula is C7H13LiS2. The molecule has 0 atom stereocenters. The molecule has 0 saturated carbocycles. The standard InChI is InChI=1S/C7H13S2.Li/c1-2-6-9-7-4-3-5-8-9;/h2H,1,3-7H2;/q-1;+1. The summed E-state index contributed by atoms with van der Waals surface area (Å²) in [5.74, 6) is 4.07. The van der Waals surface area contributed by atoms with E-state index >= 15 is 0 Å². The molecule has 0 nitrogen and oxygen atoms in total. The van der Waals surface area contributed by atoms with Crippen molar-refractivity contribution in [3.8, 4) is 0 Å². The molecule has 1 rings (SSSR count). The summed E-state index contributed by atoms with van der Waals surface area (Å²) in [6.07, 6.45) is 4.94. The van der Waals surface area contributed by atoms with Crippen molar-refractivity contribution in [1.29, 1.82) is 0 Å². The van der Waals surface area contributed by atoms with Gasteiger partial charge in [-0.2, -0.15) is 0 Å². The molecule has 0 radical (unpaired) electrons. The first kappa shape index (κ1) is 11.0. The molecule has 1 saturated heterocycles. The molecule has 10 heavy (non-hydrogen) atoms. The molecular weight excluding hydrogens is 155 g/mol. The van der Waals surface area contributed by atoms with E-state index in [1.807, 2.05) is 0 Å². The SMILES string of the molecule is C=CC[S-]1CCCCS1.[Li+]. The van der Waals surface area contributed by atoms with Gasteiger partial charge in [-0.3, -0.25) is 10.8 Å². The largest absolute Gasteiger partial charge is 1.00 e. The Morgan fingerprint density at radius 1 is 1.50 bits per heavy atom. The summed E-state index contributed by atoms with van der Waals surface area (Å²) >= 11 is 0. The second-order valence-corrected chi connectivity index (χ2v) is 6.51. The van der Waals surface area contributed by atoms with Crippen LogP contribution < -0.4 is 18.9 Å². The van der Waals surface area contributed by atoms with Crippen LogP contribution in [0, 0.1) is 0 Å². The minimum Gasteiger partial charge on any atom is -0.454 e. The zero-order chi connectivity index (χ0) is 6.53. The van der Waals surface area contributed by atoms with Gasteiger partial charge in [-0.15, -0.1) is 24.2 Å². The van der Waals surface area contributed by atoms with Gasteiger partial charge in [-0.1, -0.05) is 6.42 Å². The van der Waals surface area contributed by atoms with E-state index in [9.17, 15) is 0 Å². The predicted octanol–water partition coefficient (Wildman–Crippen LogP) is -0.763. The normalized spacial score (nSPS) is 21.4. The van der Waals surface area contributed by atoms with E-state index in [1.54, 1.807) is 0 Å². The molecule has 0 aromatic heterocycles. The average molecular weight is 168 g/mol. The summed E-state index contributed by atoms with van der Waals surface area (Å²) in [4.78, 5) is 0. The zero-order valence-electron chi connectivity index (χ0n) is 6.64. The molecule has 0 aromatic rings. The maximum atomic E-state index is 3.75. The van der Waals surface area contributed by atoms with E-state index in [4.69, 9.17) is 0 Å². The first-order valence-electron chi connectivity index (χ1n) is 3.35. The molecule has 1 aliphatic heterocycles. The van der Waals surface area contributed by atoms with E-state index in [2.05, 4.69) is 23.4 Å². The van der Waals surface area contributed by atoms with E-state index in [1.165, 1.54) is 30.1 Å². The van der Waals surface area contributed by atoms with Crippen LogP contribution in [0.3, 0.4) is 0 Å². The van der Waals surface area contributed by atoms with Gasteiger partial charge >= 0.3 is 18.9 Å². The summed E-state index contributed by atoms with van der Waals surface area (Å²) in [6.45, 7) is 3.75. The predicted molar refractivity (Wildman–Crippen MR) is 49.0 cm³/mol. The van der Waals surface area contributed by atoms with E-state index in [-0.39, 0.29) is 18.9 Å².